The van der Waals surface area contributed by atoms with E-state index in [4.69, 9.17) is 5.11 Å². The molecule has 1 amide bonds. The zero-order chi connectivity index (χ0) is 16.2. The first kappa shape index (κ1) is 14.6. The van der Waals surface area contributed by atoms with E-state index in [1.165, 1.54) is 18.2 Å². The highest BCUT2D eigenvalue weighted by atomic mass is 16.4. The van der Waals surface area contributed by atoms with E-state index >= 15 is 0 Å². The van der Waals surface area contributed by atoms with E-state index in [0.29, 0.717) is 5.69 Å². The number of H-pyrrole nitrogens is 1. The summed E-state index contributed by atoms with van der Waals surface area (Å²) in [6, 6.07) is 13.9. The molecule has 0 aliphatic rings. The molecule has 0 aliphatic heterocycles. The summed E-state index contributed by atoms with van der Waals surface area (Å²) in [7, 11) is 0. The second-order valence-electron chi connectivity index (χ2n) is 5.00. The van der Waals surface area contributed by atoms with Gasteiger partial charge in [0.1, 0.15) is 0 Å². The lowest BCUT2D eigenvalue weighted by Crippen LogP contribution is -2.08. The summed E-state index contributed by atoms with van der Waals surface area (Å²) < 4.78 is 0. The Hall–Kier alpha value is -3.34. The number of hydrogen-bond donors (Lipinski definition) is 3. The minimum Gasteiger partial charge on any atom is -0.478 e. The third-order valence-electron chi connectivity index (χ3n) is 3.41. The molecule has 0 radical (unpaired) electrons. The maximum absolute atomic E-state index is 12.0. The number of rotatable bonds is 4. The van der Waals surface area contributed by atoms with Crippen molar-refractivity contribution in [2.24, 2.45) is 0 Å². The average molecular weight is 306 g/mol. The number of benzene rings is 2. The molecule has 3 N–H and O–H groups in total. The van der Waals surface area contributed by atoms with Crippen molar-refractivity contribution >= 4 is 34.5 Å². The molecule has 1 heterocycles. The molecule has 0 atom stereocenters. The molecule has 0 unspecified atom stereocenters. The van der Waals surface area contributed by atoms with E-state index in [-0.39, 0.29) is 11.5 Å². The number of anilines is 1. The number of para-hydroxylation sites is 1. The predicted molar refractivity (Wildman–Crippen MR) is 89.4 cm³/mol. The number of amides is 1. The highest BCUT2D eigenvalue weighted by Crippen LogP contribution is 2.19. The topological polar surface area (TPSA) is 82.2 Å². The maximum Gasteiger partial charge on any atom is 0.335 e. The molecule has 0 spiro atoms. The number of carbonyl (C=O) groups is 2. The van der Waals surface area contributed by atoms with Crippen molar-refractivity contribution in [3.05, 3.63) is 71.9 Å². The summed E-state index contributed by atoms with van der Waals surface area (Å²) in [5.41, 5.74) is 2.48. The molecule has 3 rings (SSSR count). The molecule has 0 saturated heterocycles. The second kappa shape index (κ2) is 6.19. The molecular formula is C18H14N2O3. The highest BCUT2D eigenvalue weighted by Gasteiger charge is 2.05. The van der Waals surface area contributed by atoms with E-state index in [9.17, 15) is 9.59 Å². The minimum atomic E-state index is -1.03. The van der Waals surface area contributed by atoms with Gasteiger partial charge in [0.05, 0.1) is 5.56 Å². The van der Waals surface area contributed by atoms with Crippen molar-refractivity contribution in [1.82, 2.24) is 4.98 Å². The van der Waals surface area contributed by atoms with E-state index in [1.807, 2.05) is 30.5 Å². The number of nitrogens with one attached hydrogen (secondary N) is 2. The van der Waals surface area contributed by atoms with Crippen molar-refractivity contribution < 1.29 is 14.7 Å². The van der Waals surface area contributed by atoms with Crippen LogP contribution in [0, 0.1) is 0 Å². The van der Waals surface area contributed by atoms with Crippen LogP contribution < -0.4 is 5.32 Å². The molecule has 0 fully saturated rings. The monoisotopic (exact) mass is 306 g/mol. The SMILES string of the molecule is O=C(C=Cc1c[nH]c2ccccc12)Nc1cccc(C(=O)O)c1. The van der Waals surface area contributed by atoms with E-state index < -0.39 is 5.97 Å². The van der Waals surface area contributed by atoms with Crippen LogP contribution in [0.3, 0.4) is 0 Å². The summed E-state index contributed by atoms with van der Waals surface area (Å²) in [5, 5.41) is 12.6. The van der Waals surface area contributed by atoms with Crippen LogP contribution in [0.4, 0.5) is 5.69 Å². The van der Waals surface area contributed by atoms with Crippen LogP contribution in [-0.4, -0.2) is 22.0 Å². The molecule has 3 aromatic rings. The number of carboxylic acid groups (broad SMARTS) is 1. The Kier molecular flexibility index (Phi) is 3.93. The van der Waals surface area contributed by atoms with Gasteiger partial charge in [-0.05, 0) is 35.9 Å². The van der Waals surface area contributed by atoms with Crippen LogP contribution in [-0.2, 0) is 4.79 Å². The second-order valence-corrected chi connectivity index (χ2v) is 5.00. The van der Waals surface area contributed by atoms with Gasteiger partial charge in [-0.15, -0.1) is 0 Å². The van der Waals surface area contributed by atoms with Crippen molar-refractivity contribution in [1.29, 1.82) is 0 Å². The van der Waals surface area contributed by atoms with Crippen LogP contribution in [0.25, 0.3) is 17.0 Å². The smallest absolute Gasteiger partial charge is 0.335 e. The molecule has 0 bridgehead atoms. The average Bonchev–Trinajstić information content (AvgIpc) is 2.96. The fraction of sp³-hybridized carbons (Fsp3) is 0. The number of hydrogen-bond acceptors (Lipinski definition) is 2. The van der Waals surface area contributed by atoms with Gasteiger partial charge in [0.25, 0.3) is 0 Å². The Morgan fingerprint density at radius 3 is 2.74 bits per heavy atom. The maximum atomic E-state index is 12.0. The lowest BCUT2D eigenvalue weighted by atomic mass is 10.1. The number of carboxylic acids is 1. The van der Waals surface area contributed by atoms with E-state index in [1.54, 1.807) is 18.2 Å². The fourth-order valence-electron chi connectivity index (χ4n) is 2.31. The van der Waals surface area contributed by atoms with Gasteiger partial charge in [0.2, 0.25) is 5.91 Å². The third kappa shape index (κ3) is 3.29. The van der Waals surface area contributed by atoms with Gasteiger partial charge in [0.15, 0.2) is 0 Å². The van der Waals surface area contributed by atoms with Crippen LogP contribution in [0.2, 0.25) is 0 Å². The highest BCUT2D eigenvalue weighted by molar-refractivity contribution is 6.04. The Morgan fingerprint density at radius 2 is 1.91 bits per heavy atom. The minimum absolute atomic E-state index is 0.128. The lowest BCUT2D eigenvalue weighted by molar-refractivity contribution is -0.111. The van der Waals surface area contributed by atoms with Gasteiger partial charge in [-0.3, -0.25) is 4.79 Å². The molecular weight excluding hydrogens is 292 g/mol. The Labute approximate surface area is 132 Å². The van der Waals surface area contributed by atoms with Crippen molar-refractivity contribution in [2.45, 2.75) is 0 Å². The Balaban J connectivity index is 1.74. The van der Waals surface area contributed by atoms with Gasteiger partial charge in [-0.25, -0.2) is 4.79 Å². The molecule has 23 heavy (non-hydrogen) atoms. The summed E-state index contributed by atoms with van der Waals surface area (Å²) in [6.45, 7) is 0. The number of aromatic amines is 1. The van der Waals surface area contributed by atoms with Crippen LogP contribution in [0.5, 0.6) is 0 Å². The molecule has 5 nitrogen and oxygen atoms in total. The zero-order valence-corrected chi connectivity index (χ0v) is 12.1. The first-order valence-electron chi connectivity index (χ1n) is 7.02. The predicted octanol–water partition coefficient (Wildman–Crippen LogP) is 3.52. The van der Waals surface area contributed by atoms with Crippen LogP contribution >= 0.6 is 0 Å². The zero-order valence-electron chi connectivity index (χ0n) is 12.1. The molecule has 0 saturated carbocycles. The van der Waals surface area contributed by atoms with Gasteiger partial charge in [-0.2, -0.15) is 0 Å². The molecule has 2 aromatic carbocycles. The van der Waals surface area contributed by atoms with Gasteiger partial charge >= 0.3 is 5.97 Å². The summed E-state index contributed by atoms with van der Waals surface area (Å²) >= 11 is 0. The van der Waals surface area contributed by atoms with E-state index in [2.05, 4.69) is 10.3 Å². The molecule has 1 aromatic heterocycles. The van der Waals surface area contributed by atoms with Crippen LogP contribution in [0.15, 0.2) is 60.8 Å². The van der Waals surface area contributed by atoms with Gasteiger partial charge in [0, 0.05) is 28.9 Å². The van der Waals surface area contributed by atoms with Crippen molar-refractivity contribution in [2.75, 3.05) is 5.32 Å². The largest absolute Gasteiger partial charge is 0.478 e. The summed E-state index contributed by atoms with van der Waals surface area (Å²) in [5.74, 6) is -1.35. The standard InChI is InChI=1S/C18H14N2O3/c21-17(20-14-5-3-4-12(10-14)18(22)23)9-8-13-11-19-16-7-2-1-6-15(13)16/h1-11,19H,(H,20,21)(H,22,23). The summed E-state index contributed by atoms with van der Waals surface area (Å²) in [6.07, 6.45) is 4.97. The number of aromatic carboxylic acids is 1. The number of carbonyl (C=O) groups excluding carboxylic acids is 1. The quantitative estimate of drug-likeness (QED) is 0.645. The third-order valence-corrected chi connectivity index (χ3v) is 3.41. The van der Waals surface area contributed by atoms with Gasteiger partial charge < -0.3 is 15.4 Å². The van der Waals surface area contributed by atoms with Crippen molar-refractivity contribution in [3.63, 3.8) is 0 Å². The Morgan fingerprint density at radius 1 is 1.09 bits per heavy atom. The van der Waals surface area contributed by atoms with E-state index in [0.717, 1.165) is 16.5 Å². The first-order valence-corrected chi connectivity index (χ1v) is 7.02. The van der Waals surface area contributed by atoms with Crippen molar-refractivity contribution in [3.8, 4) is 0 Å². The summed E-state index contributed by atoms with van der Waals surface area (Å²) in [4.78, 5) is 26.0. The molecule has 114 valence electrons. The lowest BCUT2D eigenvalue weighted by Gasteiger charge is -2.03. The van der Waals surface area contributed by atoms with Crippen LogP contribution in [0.1, 0.15) is 15.9 Å². The number of aromatic nitrogens is 1. The Bertz CT molecular complexity index is 909. The first-order chi connectivity index (χ1) is 11.1. The normalized spacial score (nSPS) is 11.0. The number of fused-ring (bicyclic) bond motifs is 1. The fourth-order valence-corrected chi connectivity index (χ4v) is 2.31. The van der Waals surface area contributed by atoms with Gasteiger partial charge in [-0.1, -0.05) is 24.3 Å². The molecule has 0 aliphatic carbocycles. The molecule has 5 heteroatoms.